The van der Waals surface area contributed by atoms with E-state index in [-0.39, 0.29) is 5.28 Å². The lowest BCUT2D eigenvalue weighted by molar-refractivity contribution is 0.261. The molecule has 0 amide bonds. The van der Waals surface area contributed by atoms with Gasteiger partial charge in [0.1, 0.15) is 0 Å². The molecule has 1 aromatic rings. The summed E-state index contributed by atoms with van der Waals surface area (Å²) < 4.78 is 0. The van der Waals surface area contributed by atoms with Crippen molar-refractivity contribution >= 4 is 23.5 Å². The molecule has 0 saturated carbocycles. The van der Waals surface area contributed by atoms with Crippen LogP contribution in [0, 0.1) is 0 Å². The average Bonchev–Trinajstić information content (AvgIpc) is 2.37. The van der Waals surface area contributed by atoms with Crippen LogP contribution in [0.25, 0.3) is 0 Å². The quantitative estimate of drug-likeness (QED) is 0.763. The molecule has 6 nitrogen and oxygen atoms in total. The van der Waals surface area contributed by atoms with Crippen LogP contribution in [0.5, 0.6) is 0 Å². The first-order valence-electron chi connectivity index (χ1n) is 6.66. The van der Waals surface area contributed by atoms with E-state index in [4.69, 9.17) is 11.6 Å². The normalized spacial score (nSPS) is 12.5. The minimum absolute atomic E-state index is 0.198. The molecule has 0 aromatic carbocycles. The molecule has 0 aliphatic carbocycles. The summed E-state index contributed by atoms with van der Waals surface area (Å²) in [7, 11) is 2.11. The number of likely N-dealkylation sites (N-methyl/N-ethyl adjacent to an activating group) is 1. The first-order valence-corrected chi connectivity index (χ1v) is 7.04. The Hall–Kier alpha value is -1.14. The Morgan fingerprint density at radius 3 is 2.37 bits per heavy atom. The molecule has 0 spiro atoms. The summed E-state index contributed by atoms with van der Waals surface area (Å²) in [4.78, 5) is 14.6. The largest absolute Gasteiger partial charge is 0.354 e. The van der Waals surface area contributed by atoms with Gasteiger partial charge >= 0.3 is 0 Å². The van der Waals surface area contributed by atoms with Gasteiger partial charge in [-0.15, -0.1) is 0 Å². The fraction of sp³-hybridized carbons (Fsp3) is 0.750. The Labute approximate surface area is 120 Å². The van der Waals surface area contributed by atoms with Crippen molar-refractivity contribution in [2.24, 2.45) is 0 Å². The van der Waals surface area contributed by atoms with Gasteiger partial charge in [-0.3, -0.25) is 0 Å². The van der Waals surface area contributed by atoms with Crippen LogP contribution < -0.4 is 10.6 Å². The zero-order chi connectivity index (χ0) is 14.3. The van der Waals surface area contributed by atoms with E-state index >= 15 is 0 Å². The molecule has 0 aliphatic rings. The van der Waals surface area contributed by atoms with E-state index in [0.717, 1.165) is 26.1 Å². The maximum absolute atomic E-state index is 5.85. The summed E-state index contributed by atoms with van der Waals surface area (Å²) in [5.74, 6) is 1.01. The van der Waals surface area contributed by atoms with Gasteiger partial charge in [0, 0.05) is 25.7 Å². The Morgan fingerprint density at radius 1 is 1.16 bits per heavy atom. The van der Waals surface area contributed by atoms with E-state index in [9.17, 15) is 0 Å². The van der Waals surface area contributed by atoms with Crippen LogP contribution in [-0.4, -0.2) is 52.6 Å². The monoisotopic (exact) mass is 286 g/mol. The zero-order valence-corrected chi connectivity index (χ0v) is 12.8. The molecule has 0 saturated heterocycles. The van der Waals surface area contributed by atoms with E-state index in [1.807, 2.05) is 6.92 Å². The molecule has 0 bridgehead atoms. The standard InChI is InChI=1S/C12H23ClN6/c1-5-9(3)19(4)8-7-15-12-17-10(13)16-11(18-12)14-6-2/h9H,5-8H2,1-4H3,(H2,14,15,16,17,18). The minimum Gasteiger partial charge on any atom is -0.354 e. The highest BCUT2D eigenvalue weighted by Gasteiger charge is 2.07. The van der Waals surface area contributed by atoms with Gasteiger partial charge in [-0.2, -0.15) is 15.0 Å². The van der Waals surface area contributed by atoms with Gasteiger partial charge < -0.3 is 15.5 Å². The van der Waals surface area contributed by atoms with E-state index in [1.165, 1.54) is 0 Å². The fourth-order valence-electron chi connectivity index (χ4n) is 1.54. The van der Waals surface area contributed by atoms with Crippen LogP contribution in [0.3, 0.4) is 0 Å². The molecule has 1 aromatic heterocycles. The predicted octanol–water partition coefficient (Wildman–Crippen LogP) is 2.10. The summed E-state index contributed by atoms with van der Waals surface area (Å²) in [6, 6.07) is 0.570. The van der Waals surface area contributed by atoms with E-state index < -0.39 is 0 Å². The van der Waals surface area contributed by atoms with Gasteiger partial charge in [-0.1, -0.05) is 6.92 Å². The third kappa shape index (κ3) is 5.57. The summed E-state index contributed by atoms with van der Waals surface area (Å²) in [6.45, 7) is 8.82. The Balaban J connectivity index is 2.48. The summed E-state index contributed by atoms with van der Waals surface area (Å²) in [5, 5.41) is 6.38. The average molecular weight is 287 g/mol. The first kappa shape index (κ1) is 15.9. The van der Waals surface area contributed by atoms with Crippen molar-refractivity contribution in [2.75, 3.05) is 37.3 Å². The number of hydrogen-bond acceptors (Lipinski definition) is 6. The summed E-state index contributed by atoms with van der Waals surface area (Å²) >= 11 is 5.85. The number of nitrogens with one attached hydrogen (secondary N) is 2. The van der Waals surface area contributed by atoms with Crippen molar-refractivity contribution in [3.05, 3.63) is 5.28 Å². The van der Waals surface area contributed by atoms with E-state index in [2.05, 4.69) is 51.4 Å². The molecule has 0 aliphatic heterocycles. The van der Waals surface area contributed by atoms with Crippen LogP contribution in [0.2, 0.25) is 5.28 Å². The molecular weight excluding hydrogens is 264 g/mol. The van der Waals surface area contributed by atoms with Crippen LogP contribution >= 0.6 is 11.6 Å². The van der Waals surface area contributed by atoms with Crippen LogP contribution in [0.15, 0.2) is 0 Å². The van der Waals surface area contributed by atoms with Crippen LogP contribution in [-0.2, 0) is 0 Å². The minimum atomic E-state index is 0.198. The maximum Gasteiger partial charge on any atom is 0.228 e. The fourth-order valence-corrected chi connectivity index (χ4v) is 1.70. The molecule has 1 unspecified atom stereocenters. The molecule has 108 valence electrons. The molecule has 0 fully saturated rings. The van der Waals surface area contributed by atoms with Crippen molar-refractivity contribution in [1.29, 1.82) is 0 Å². The van der Waals surface area contributed by atoms with Gasteiger partial charge in [-0.05, 0) is 38.9 Å². The van der Waals surface area contributed by atoms with Gasteiger partial charge in [0.05, 0.1) is 0 Å². The van der Waals surface area contributed by atoms with Crippen molar-refractivity contribution < 1.29 is 0 Å². The second-order valence-electron chi connectivity index (χ2n) is 4.45. The summed E-state index contributed by atoms with van der Waals surface area (Å²) in [5.41, 5.74) is 0. The highest BCUT2D eigenvalue weighted by Crippen LogP contribution is 2.09. The lowest BCUT2D eigenvalue weighted by Crippen LogP contribution is -2.33. The smallest absolute Gasteiger partial charge is 0.228 e. The van der Waals surface area contributed by atoms with Crippen molar-refractivity contribution in [3.63, 3.8) is 0 Å². The Morgan fingerprint density at radius 2 is 1.79 bits per heavy atom. The molecule has 19 heavy (non-hydrogen) atoms. The van der Waals surface area contributed by atoms with Crippen molar-refractivity contribution in [2.45, 2.75) is 33.2 Å². The Bertz CT molecular complexity index is 386. The highest BCUT2D eigenvalue weighted by molar-refractivity contribution is 6.28. The van der Waals surface area contributed by atoms with Crippen molar-refractivity contribution in [3.8, 4) is 0 Å². The van der Waals surface area contributed by atoms with E-state index in [1.54, 1.807) is 0 Å². The lowest BCUT2D eigenvalue weighted by Gasteiger charge is -2.23. The second-order valence-corrected chi connectivity index (χ2v) is 4.78. The maximum atomic E-state index is 5.85. The van der Waals surface area contributed by atoms with E-state index in [0.29, 0.717) is 17.9 Å². The number of rotatable bonds is 8. The molecule has 1 atom stereocenters. The molecule has 0 radical (unpaired) electrons. The number of halogens is 1. The van der Waals surface area contributed by atoms with Crippen molar-refractivity contribution in [1.82, 2.24) is 19.9 Å². The SMILES string of the molecule is CCNc1nc(Cl)nc(NCCN(C)C(C)CC)n1. The van der Waals surface area contributed by atoms with Gasteiger partial charge in [0.25, 0.3) is 0 Å². The molecular formula is C12H23ClN6. The number of aromatic nitrogens is 3. The van der Waals surface area contributed by atoms with Crippen LogP contribution in [0.1, 0.15) is 27.2 Å². The first-order chi connectivity index (χ1) is 9.06. The van der Waals surface area contributed by atoms with Gasteiger partial charge in [0.2, 0.25) is 17.2 Å². The highest BCUT2D eigenvalue weighted by atomic mass is 35.5. The number of hydrogen-bond donors (Lipinski definition) is 2. The molecule has 1 rings (SSSR count). The topological polar surface area (TPSA) is 66.0 Å². The summed E-state index contributed by atoms with van der Waals surface area (Å²) in [6.07, 6.45) is 1.14. The van der Waals surface area contributed by atoms with Crippen LogP contribution in [0.4, 0.5) is 11.9 Å². The second kappa shape index (κ2) is 8.12. The Kier molecular flexibility index (Phi) is 6.80. The number of nitrogens with zero attached hydrogens (tertiary/aromatic N) is 4. The predicted molar refractivity (Wildman–Crippen MR) is 79.9 cm³/mol. The third-order valence-electron chi connectivity index (χ3n) is 3.03. The lowest BCUT2D eigenvalue weighted by atomic mass is 10.2. The van der Waals surface area contributed by atoms with Gasteiger partial charge in [0.15, 0.2) is 0 Å². The van der Waals surface area contributed by atoms with Gasteiger partial charge in [-0.25, -0.2) is 0 Å². The molecule has 1 heterocycles. The third-order valence-corrected chi connectivity index (χ3v) is 3.20. The molecule has 2 N–H and O–H groups in total. The number of anilines is 2. The zero-order valence-electron chi connectivity index (χ0n) is 12.1. The molecule has 7 heteroatoms.